The van der Waals surface area contributed by atoms with E-state index < -0.39 is 0 Å². The molecule has 0 aliphatic heterocycles. The van der Waals surface area contributed by atoms with Crippen molar-refractivity contribution < 1.29 is 4.52 Å². The van der Waals surface area contributed by atoms with Crippen molar-refractivity contribution in [2.24, 2.45) is 0 Å². The van der Waals surface area contributed by atoms with Gasteiger partial charge < -0.3 is 9.51 Å². The predicted octanol–water partition coefficient (Wildman–Crippen LogP) is 6.27. The quantitative estimate of drug-likeness (QED) is 0.323. The molecular weight excluding hydrogens is 416 g/mol. The Morgan fingerprint density at radius 2 is 1.85 bits per heavy atom. The molecule has 0 bridgehead atoms. The normalized spacial score (nSPS) is 11.3. The fourth-order valence-corrected chi connectivity index (χ4v) is 5.35. The van der Waals surface area contributed by atoms with Gasteiger partial charge in [0.25, 0.3) is 0 Å². The molecule has 0 fully saturated rings. The number of H-pyrrole nitrogens is 1. The van der Waals surface area contributed by atoms with Gasteiger partial charge in [0.05, 0.1) is 21.2 Å². The average Bonchev–Trinajstić information content (AvgIpc) is 3.51. The lowest BCUT2D eigenvalue weighted by Gasteiger charge is -1.96. The molecule has 0 saturated carbocycles. The van der Waals surface area contributed by atoms with E-state index in [2.05, 4.69) is 44.1 Å². The molecule has 0 aliphatic carbocycles. The molecule has 9 heteroatoms. The molecular formula is C18H12N4OS4. The van der Waals surface area contributed by atoms with E-state index in [9.17, 15) is 0 Å². The Morgan fingerprint density at radius 1 is 1.00 bits per heavy atom. The molecule has 0 atom stereocenters. The molecule has 0 amide bonds. The maximum atomic E-state index is 5.38. The smallest absolute Gasteiger partial charge is 0.237 e. The van der Waals surface area contributed by atoms with Gasteiger partial charge in [-0.15, -0.1) is 22.7 Å². The molecule has 1 N–H and O–H groups in total. The third-order valence-corrected chi connectivity index (χ3v) is 7.09. The Hall–Kier alpha value is -2.20. The van der Waals surface area contributed by atoms with E-state index in [1.807, 2.05) is 22.9 Å². The number of rotatable bonds is 6. The van der Waals surface area contributed by atoms with Crippen LogP contribution < -0.4 is 0 Å². The number of nitrogens with one attached hydrogen (secondary N) is 1. The second-order valence-electron chi connectivity index (χ2n) is 5.53. The predicted molar refractivity (Wildman–Crippen MR) is 112 cm³/mol. The van der Waals surface area contributed by atoms with Gasteiger partial charge in [-0.05, 0) is 34.3 Å². The summed E-state index contributed by atoms with van der Waals surface area (Å²) >= 11 is 6.57. The zero-order valence-corrected chi connectivity index (χ0v) is 17.1. The number of nitrogens with zero attached hydrogens (tertiary/aromatic N) is 3. The minimum atomic E-state index is 0.568. The van der Waals surface area contributed by atoms with Crippen LogP contribution in [0.3, 0.4) is 0 Å². The molecule has 0 spiro atoms. The molecule has 0 aromatic carbocycles. The molecule has 5 aromatic rings. The highest BCUT2D eigenvalue weighted by atomic mass is 32.2. The van der Waals surface area contributed by atoms with E-state index in [-0.39, 0.29) is 0 Å². The second kappa shape index (κ2) is 7.43. The first kappa shape index (κ1) is 16.9. The number of aromatic amines is 1. The van der Waals surface area contributed by atoms with E-state index >= 15 is 0 Å². The lowest BCUT2D eigenvalue weighted by Crippen LogP contribution is -1.83. The summed E-state index contributed by atoms with van der Waals surface area (Å²) in [5, 5.41) is 13.1. The van der Waals surface area contributed by atoms with Gasteiger partial charge in [0, 0.05) is 10.9 Å². The molecule has 134 valence electrons. The molecule has 0 aliphatic rings. The number of aromatic nitrogens is 4. The van der Waals surface area contributed by atoms with E-state index in [4.69, 9.17) is 9.51 Å². The summed E-state index contributed by atoms with van der Waals surface area (Å²) in [6.07, 6.45) is 0. The zero-order valence-electron chi connectivity index (χ0n) is 13.8. The Labute approximate surface area is 171 Å². The summed E-state index contributed by atoms with van der Waals surface area (Å²) in [7, 11) is 0. The Kier molecular flexibility index (Phi) is 4.66. The van der Waals surface area contributed by atoms with E-state index in [1.54, 1.807) is 45.8 Å². The van der Waals surface area contributed by atoms with E-state index in [0.717, 1.165) is 27.0 Å². The van der Waals surface area contributed by atoms with Crippen LogP contribution in [-0.4, -0.2) is 20.1 Å². The van der Waals surface area contributed by atoms with Gasteiger partial charge in [0.1, 0.15) is 5.69 Å². The van der Waals surface area contributed by atoms with Gasteiger partial charge in [-0.2, -0.15) is 16.3 Å². The topological polar surface area (TPSA) is 67.6 Å². The number of hydrogen-bond donors (Lipinski definition) is 1. The Balaban J connectivity index is 1.39. The summed E-state index contributed by atoms with van der Waals surface area (Å²) in [5.41, 5.74) is 3.02. The number of thiophene rings is 3. The summed E-state index contributed by atoms with van der Waals surface area (Å²) in [6, 6.07) is 10.3. The average molecular weight is 429 g/mol. The molecule has 5 heterocycles. The Bertz CT molecular complexity index is 1070. The highest BCUT2D eigenvalue weighted by Gasteiger charge is 2.17. The first-order valence-corrected chi connectivity index (χ1v) is 11.7. The SMILES string of the molecule is c1csc(-c2nc(SCc3nc(-c4ccsc4)no3)[nH]c2-c2cccs2)c1. The molecule has 0 radical (unpaired) electrons. The van der Waals surface area contributed by atoms with Crippen molar-refractivity contribution in [3.05, 3.63) is 57.7 Å². The zero-order chi connectivity index (χ0) is 18.1. The van der Waals surface area contributed by atoms with Gasteiger partial charge in [0.15, 0.2) is 5.16 Å². The Morgan fingerprint density at radius 3 is 2.59 bits per heavy atom. The van der Waals surface area contributed by atoms with Crippen molar-refractivity contribution in [3.63, 3.8) is 0 Å². The summed E-state index contributed by atoms with van der Waals surface area (Å²) in [4.78, 5) is 15.1. The van der Waals surface area contributed by atoms with Crippen LogP contribution in [0.5, 0.6) is 0 Å². The summed E-state index contributed by atoms with van der Waals surface area (Å²) < 4.78 is 5.38. The summed E-state index contributed by atoms with van der Waals surface area (Å²) in [5.74, 6) is 1.79. The van der Waals surface area contributed by atoms with Crippen molar-refractivity contribution in [1.29, 1.82) is 0 Å². The maximum Gasteiger partial charge on any atom is 0.237 e. The number of thioether (sulfide) groups is 1. The molecule has 5 aromatic heterocycles. The van der Waals surface area contributed by atoms with Crippen LogP contribution in [0, 0.1) is 0 Å². The second-order valence-corrected chi connectivity index (χ2v) is 9.17. The third kappa shape index (κ3) is 3.51. The van der Waals surface area contributed by atoms with Gasteiger partial charge in [-0.1, -0.05) is 29.1 Å². The molecule has 5 nitrogen and oxygen atoms in total. The van der Waals surface area contributed by atoms with Gasteiger partial charge in [-0.25, -0.2) is 4.98 Å². The fraction of sp³-hybridized carbons (Fsp3) is 0.0556. The lowest BCUT2D eigenvalue weighted by molar-refractivity contribution is 0.391. The highest BCUT2D eigenvalue weighted by molar-refractivity contribution is 7.98. The maximum absolute atomic E-state index is 5.38. The van der Waals surface area contributed by atoms with Crippen LogP contribution in [0.1, 0.15) is 5.89 Å². The van der Waals surface area contributed by atoms with Crippen LogP contribution >= 0.6 is 45.8 Å². The molecule has 5 rings (SSSR count). The van der Waals surface area contributed by atoms with Crippen LogP contribution in [0.4, 0.5) is 0 Å². The van der Waals surface area contributed by atoms with Crippen LogP contribution in [0.2, 0.25) is 0 Å². The first-order valence-electron chi connectivity index (χ1n) is 8.02. The monoisotopic (exact) mass is 428 g/mol. The molecule has 0 unspecified atom stereocenters. The lowest BCUT2D eigenvalue weighted by atomic mass is 10.2. The molecule has 27 heavy (non-hydrogen) atoms. The van der Waals surface area contributed by atoms with E-state index in [1.165, 1.54) is 4.88 Å². The van der Waals surface area contributed by atoms with Gasteiger partial charge in [-0.3, -0.25) is 0 Å². The largest absolute Gasteiger partial charge is 0.338 e. The van der Waals surface area contributed by atoms with Crippen LogP contribution in [0.15, 0.2) is 61.5 Å². The summed E-state index contributed by atoms with van der Waals surface area (Å²) in [6.45, 7) is 0. The van der Waals surface area contributed by atoms with Crippen LogP contribution in [0.25, 0.3) is 32.5 Å². The standard InChI is InChI=1S/C18H12N4OS4/c1-3-12(25-6-1)15-16(13-4-2-7-26-13)21-18(20-15)27-10-14-19-17(22-23-14)11-5-8-24-9-11/h1-9H,10H2,(H,20,21). The van der Waals surface area contributed by atoms with Crippen molar-refractivity contribution in [2.45, 2.75) is 10.9 Å². The van der Waals surface area contributed by atoms with Gasteiger partial charge in [0.2, 0.25) is 11.7 Å². The minimum absolute atomic E-state index is 0.568. The highest BCUT2D eigenvalue weighted by Crippen LogP contribution is 2.37. The number of hydrogen-bond acceptors (Lipinski definition) is 8. The van der Waals surface area contributed by atoms with Crippen molar-refractivity contribution in [3.8, 4) is 32.5 Å². The van der Waals surface area contributed by atoms with E-state index in [0.29, 0.717) is 17.5 Å². The van der Waals surface area contributed by atoms with Crippen LogP contribution in [-0.2, 0) is 5.75 Å². The first-order chi connectivity index (χ1) is 13.4. The van der Waals surface area contributed by atoms with Crippen molar-refractivity contribution >= 4 is 45.8 Å². The minimum Gasteiger partial charge on any atom is -0.338 e. The fourth-order valence-electron chi connectivity index (χ4n) is 2.56. The third-order valence-electron chi connectivity index (χ3n) is 3.78. The van der Waals surface area contributed by atoms with Crippen molar-refractivity contribution in [1.82, 2.24) is 20.1 Å². The van der Waals surface area contributed by atoms with Crippen molar-refractivity contribution in [2.75, 3.05) is 0 Å². The van der Waals surface area contributed by atoms with Gasteiger partial charge >= 0.3 is 0 Å². The number of imidazole rings is 1. The molecule has 0 saturated heterocycles.